The van der Waals surface area contributed by atoms with Crippen LogP contribution in [-0.4, -0.2) is 9.85 Å². The molecule has 0 spiro atoms. The maximum Gasteiger partial charge on any atom is 0.756 e. The summed E-state index contributed by atoms with van der Waals surface area (Å²) < 4.78 is 4.47. The van der Waals surface area contributed by atoms with Crippen molar-refractivity contribution in [2.75, 3.05) is 0 Å². The van der Waals surface area contributed by atoms with E-state index in [1.807, 2.05) is 0 Å². The summed E-state index contributed by atoms with van der Waals surface area (Å²) in [6.45, 7) is -0.196. The standard InChI is InChI=1S/C8H7N2O5/c11-9(12)8(10(13)14)15-6-7-4-2-1-3-5-7/h1-5H,6H2. The summed E-state index contributed by atoms with van der Waals surface area (Å²) in [5.41, 5.74) is 0.624. The van der Waals surface area contributed by atoms with Crippen molar-refractivity contribution in [1.82, 2.24) is 0 Å². The van der Waals surface area contributed by atoms with Gasteiger partial charge in [0.2, 0.25) is 0 Å². The Bertz CT molecular complexity index is 339. The molecule has 0 heterocycles. The van der Waals surface area contributed by atoms with Gasteiger partial charge in [0.25, 0.3) is 0 Å². The molecule has 1 aromatic rings. The topological polar surface area (TPSA) is 95.5 Å². The summed E-state index contributed by atoms with van der Waals surface area (Å²) in [6, 6.07) is 8.47. The van der Waals surface area contributed by atoms with E-state index in [0.29, 0.717) is 5.56 Å². The van der Waals surface area contributed by atoms with Crippen molar-refractivity contribution in [3.05, 3.63) is 62.5 Å². The quantitative estimate of drug-likeness (QED) is 0.538. The second-order valence-corrected chi connectivity index (χ2v) is 2.57. The molecule has 0 unspecified atom stereocenters. The molecule has 0 fully saturated rings. The highest BCUT2D eigenvalue weighted by molar-refractivity contribution is 5.13. The molecule has 1 aromatic carbocycles. The van der Waals surface area contributed by atoms with Crippen molar-refractivity contribution < 1.29 is 14.6 Å². The van der Waals surface area contributed by atoms with E-state index < -0.39 is 16.2 Å². The zero-order chi connectivity index (χ0) is 11.3. The van der Waals surface area contributed by atoms with E-state index in [1.54, 1.807) is 30.3 Å². The van der Waals surface area contributed by atoms with E-state index in [4.69, 9.17) is 0 Å². The van der Waals surface area contributed by atoms with Crippen molar-refractivity contribution in [3.63, 3.8) is 0 Å². The first-order valence-corrected chi connectivity index (χ1v) is 3.93. The van der Waals surface area contributed by atoms with Crippen LogP contribution in [0.15, 0.2) is 30.3 Å². The second kappa shape index (κ2) is 5.01. The maximum absolute atomic E-state index is 10.2. The molecule has 0 aromatic heterocycles. The van der Waals surface area contributed by atoms with E-state index >= 15 is 0 Å². The Labute approximate surface area is 84.6 Å². The van der Waals surface area contributed by atoms with Crippen LogP contribution >= 0.6 is 0 Å². The first-order chi connectivity index (χ1) is 7.11. The minimum absolute atomic E-state index is 0.196. The third-order valence-electron chi connectivity index (χ3n) is 1.52. The predicted octanol–water partition coefficient (Wildman–Crippen LogP) is 1.20. The van der Waals surface area contributed by atoms with Crippen molar-refractivity contribution >= 4 is 0 Å². The van der Waals surface area contributed by atoms with Gasteiger partial charge >= 0.3 is 6.35 Å². The number of hydrogen-bond donors (Lipinski definition) is 0. The van der Waals surface area contributed by atoms with Crippen LogP contribution in [-0.2, 0) is 11.3 Å². The third kappa shape index (κ3) is 3.31. The SMILES string of the molecule is O=[N+]([O-])[C](OCc1ccccc1)[N+](=O)[O-]. The van der Waals surface area contributed by atoms with Crippen LogP contribution in [0.5, 0.6) is 0 Å². The molecular weight excluding hydrogens is 204 g/mol. The van der Waals surface area contributed by atoms with E-state index in [2.05, 4.69) is 4.74 Å². The van der Waals surface area contributed by atoms with Crippen molar-refractivity contribution in [2.24, 2.45) is 0 Å². The van der Waals surface area contributed by atoms with Gasteiger partial charge in [-0.25, -0.2) is 4.74 Å². The van der Waals surface area contributed by atoms with Gasteiger partial charge in [-0.3, -0.25) is 20.2 Å². The number of hydrogen-bond acceptors (Lipinski definition) is 5. The zero-order valence-electron chi connectivity index (χ0n) is 7.53. The normalized spacial score (nSPS) is 10.2. The van der Waals surface area contributed by atoms with Gasteiger partial charge in [-0.2, -0.15) is 0 Å². The molecule has 7 heteroatoms. The number of nitro groups is 2. The van der Waals surface area contributed by atoms with Gasteiger partial charge < -0.3 is 0 Å². The van der Waals surface area contributed by atoms with E-state index in [9.17, 15) is 20.2 Å². The molecule has 0 amide bonds. The minimum atomic E-state index is -1.36. The predicted molar refractivity (Wildman–Crippen MR) is 48.5 cm³/mol. The fourth-order valence-corrected chi connectivity index (χ4v) is 0.894. The molecule has 7 nitrogen and oxygen atoms in total. The Morgan fingerprint density at radius 1 is 1.13 bits per heavy atom. The zero-order valence-corrected chi connectivity index (χ0v) is 7.53. The smallest absolute Gasteiger partial charge is 0.256 e. The monoisotopic (exact) mass is 211 g/mol. The molecular formula is C8H7N2O5. The van der Waals surface area contributed by atoms with Crippen molar-refractivity contribution in [3.8, 4) is 0 Å². The van der Waals surface area contributed by atoms with Crippen LogP contribution in [0.1, 0.15) is 5.56 Å². The highest BCUT2D eigenvalue weighted by Gasteiger charge is 2.42. The fraction of sp³-hybridized carbons (Fsp3) is 0.125. The molecule has 1 radical (unpaired) electrons. The van der Waals surface area contributed by atoms with E-state index in [0.717, 1.165) is 0 Å². The van der Waals surface area contributed by atoms with Crippen LogP contribution in [0.4, 0.5) is 0 Å². The minimum Gasteiger partial charge on any atom is -0.256 e. The lowest BCUT2D eigenvalue weighted by Crippen LogP contribution is -2.22. The van der Waals surface area contributed by atoms with E-state index in [1.165, 1.54) is 0 Å². The molecule has 15 heavy (non-hydrogen) atoms. The number of nitrogens with zero attached hydrogens (tertiary/aromatic N) is 2. The lowest BCUT2D eigenvalue weighted by Gasteiger charge is -1.99. The van der Waals surface area contributed by atoms with Crippen LogP contribution in [0.25, 0.3) is 0 Å². The van der Waals surface area contributed by atoms with Gasteiger partial charge in [0.1, 0.15) is 9.85 Å². The van der Waals surface area contributed by atoms with Gasteiger partial charge in [0.15, 0.2) is 0 Å². The molecule has 0 N–H and O–H groups in total. The third-order valence-corrected chi connectivity index (χ3v) is 1.52. The molecule has 0 saturated heterocycles. The van der Waals surface area contributed by atoms with Crippen LogP contribution in [0.3, 0.4) is 0 Å². The summed E-state index contributed by atoms with van der Waals surface area (Å²) in [4.78, 5) is 18.0. The summed E-state index contributed by atoms with van der Waals surface area (Å²) in [5.74, 6) is 0. The molecule has 79 valence electrons. The lowest BCUT2D eigenvalue weighted by atomic mass is 10.2. The molecule has 0 aliphatic carbocycles. The van der Waals surface area contributed by atoms with Crippen LogP contribution in [0.2, 0.25) is 0 Å². The molecule has 0 aliphatic heterocycles. The van der Waals surface area contributed by atoms with Gasteiger partial charge in [-0.1, -0.05) is 30.3 Å². The van der Waals surface area contributed by atoms with Gasteiger partial charge in [0.05, 0.1) is 6.61 Å². The molecule has 1 rings (SSSR count). The first kappa shape index (κ1) is 11.1. The Kier molecular flexibility index (Phi) is 3.69. The van der Waals surface area contributed by atoms with Crippen LogP contribution in [0, 0.1) is 26.6 Å². The lowest BCUT2D eigenvalue weighted by molar-refractivity contribution is -0.716. The average Bonchev–Trinajstić information content (AvgIpc) is 2.18. The Morgan fingerprint density at radius 2 is 1.67 bits per heavy atom. The second-order valence-electron chi connectivity index (χ2n) is 2.57. The average molecular weight is 211 g/mol. The highest BCUT2D eigenvalue weighted by atomic mass is 16.7. The molecule has 0 saturated carbocycles. The molecule has 0 atom stereocenters. The summed E-state index contributed by atoms with van der Waals surface area (Å²) in [6.07, 6.45) is -1.36. The van der Waals surface area contributed by atoms with Crippen molar-refractivity contribution in [2.45, 2.75) is 6.61 Å². The Balaban J connectivity index is 2.55. The van der Waals surface area contributed by atoms with E-state index in [-0.39, 0.29) is 6.61 Å². The van der Waals surface area contributed by atoms with Crippen LogP contribution < -0.4 is 0 Å². The van der Waals surface area contributed by atoms with Crippen molar-refractivity contribution in [1.29, 1.82) is 0 Å². The number of benzene rings is 1. The van der Waals surface area contributed by atoms with Gasteiger partial charge in [0, 0.05) is 0 Å². The number of rotatable bonds is 5. The highest BCUT2D eigenvalue weighted by Crippen LogP contribution is 2.09. The maximum atomic E-state index is 10.2. The van der Waals surface area contributed by atoms with Gasteiger partial charge in [-0.05, 0) is 5.56 Å². The summed E-state index contributed by atoms with van der Waals surface area (Å²) in [5, 5.41) is 20.3. The largest absolute Gasteiger partial charge is 0.756 e. The number of ether oxygens (including phenoxy) is 1. The molecule has 0 aliphatic rings. The molecule has 0 bridgehead atoms. The fourth-order valence-electron chi connectivity index (χ4n) is 0.894. The van der Waals surface area contributed by atoms with Gasteiger partial charge in [-0.15, -0.1) is 0 Å². The summed E-state index contributed by atoms with van der Waals surface area (Å²) >= 11 is 0. The summed E-state index contributed by atoms with van der Waals surface area (Å²) in [7, 11) is 0. The first-order valence-electron chi connectivity index (χ1n) is 3.93. The Morgan fingerprint density at radius 3 is 2.13 bits per heavy atom. The Hall–Kier alpha value is -2.02.